The van der Waals surface area contributed by atoms with Gasteiger partial charge in [-0.3, -0.25) is 14.4 Å². The lowest BCUT2D eigenvalue weighted by molar-refractivity contribution is -0.122. The van der Waals surface area contributed by atoms with E-state index in [4.69, 9.17) is 14.2 Å². The van der Waals surface area contributed by atoms with Crippen molar-refractivity contribution in [2.75, 3.05) is 51.2 Å². The molecule has 1 aliphatic heterocycles. The van der Waals surface area contributed by atoms with Crippen LogP contribution in [0.15, 0.2) is 42.5 Å². The Balaban J connectivity index is 1.70. The van der Waals surface area contributed by atoms with Gasteiger partial charge in [0.2, 0.25) is 11.8 Å². The van der Waals surface area contributed by atoms with Crippen LogP contribution < -0.4 is 25.0 Å². The van der Waals surface area contributed by atoms with Gasteiger partial charge in [0.15, 0.2) is 11.5 Å². The second-order valence-electron chi connectivity index (χ2n) is 7.23. The Labute approximate surface area is 186 Å². The number of hydrogen-bond acceptors (Lipinski definition) is 6. The molecule has 0 bridgehead atoms. The summed E-state index contributed by atoms with van der Waals surface area (Å²) in [5, 5.41) is 5.54. The fourth-order valence-corrected chi connectivity index (χ4v) is 3.51. The highest BCUT2D eigenvalue weighted by molar-refractivity contribution is 6.07. The van der Waals surface area contributed by atoms with E-state index in [-0.39, 0.29) is 30.7 Å². The highest BCUT2D eigenvalue weighted by Crippen LogP contribution is 2.34. The summed E-state index contributed by atoms with van der Waals surface area (Å²) in [6.45, 7) is 0.966. The molecule has 1 fully saturated rings. The van der Waals surface area contributed by atoms with E-state index < -0.39 is 5.92 Å². The standard InChI is InChI=1S/C23H27N3O6/c1-30-11-10-24-23(29)17-6-4-5-7-18(17)25-22(28)15-12-21(27)26(14-15)16-8-9-19(31-2)20(13-16)32-3/h4-9,13,15H,10-12,14H2,1-3H3,(H,24,29)(H,25,28)/t15-/m0/s1. The minimum atomic E-state index is -0.555. The molecule has 1 atom stereocenters. The first-order chi connectivity index (χ1) is 15.5. The Morgan fingerprint density at radius 3 is 2.53 bits per heavy atom. The lowest BCUT2D eigenvalue weighted by atomic mass is 10.1. The third-order valence-electron chi connectivity index (χ3n) is 5.20. The van der Waals surface area contributed by atoms with Crippen molar-refractivity contribution in [3.8, 4) is 11.5 Å². The van der Waals surface area contributed by atoms with Crippen LogP contribution in [0.3, 0.4) is 0 Å². The number of carbonyl (C=O) groups is 3. The molecule has 170 valence electrons. The Morgan fingerprint density at radius 2 is 1.81 bits per heavy atom. The Morgan fingerprint density at radius 1 is 1.06 bits per heavy atom. The third kappa shape index (κ3) is 5.17. The lowest BCUT2D eigenvalue weighted by Crippen LogP contribution is -2.30. The van der Waals surface area contributed by atoms with E-state index in [9.17, 15) is 14.4 Å². The Kier molecular flexibility index (Phi) is 7.67. The third-order valence-corrected chi connectivity index (χ3v) is 5.20. The minimum absolute atomic E-state index is 0.0718. The molecule has 32 heavy (non-hydrogen) atoms. The van der Waals surface area contributed by atoms with E-state index >= 15 is 0 Å². The number of amides is 3. The molecule has 9 nitrogen and oxygen atoms in total. The molecule has 0 aliphatic carbocycles. The maximum atomic E-state index is 12.9. The van der Waals surface area contributed by atoms with Gasteiger partial charge in [0.05, 0.1) is 38.0 Å². The molecule has 0 spiro atoms. The molecular weight excluding hydrogens is 414 g/mol. The number of benzene rings is 2. The number of nitrogens with zero attached hydrogens (tertiary/aromatic N) is 1. The van der Waals surface area contributed by atoms with Crippen LogP contribution in [0.4, 0.5) is 11.4 Å². The molecule has 2 aromatic rings. The van der Waals surface area contributed by atoms with Gasteiger partial charge in [-0.15, -0.1) is 0 Å². The number of rotatable bonds is 9. The van der Waals surface area contributed by atoms with Crippen molar-refractivity contribution < 1.29 is 28.6 Å². The fourth-order valence-electron chi connectivity index (χ4n) is 3.51. The van der Waals surface area contributed by atoms with Gasteiger partial charge >= 0.3 is 0 Å². The Bertz CT molecular complexity index is 993. The van der Waals surface area contributed by atoms with Crippen LogP contribution in [-0.4, -0.2) is 58.7 Å². The van der Waals surface area contributed by atoms with Crippen molar-refractivity contribution in [3.63, 3.8) is 0 Å². The van der Waals surface area contributed by atoms with E-state index in [0.717, 1.165) is 0 Å². The normalized spacial score (nSPS) is 15.4. The highest BCUT2D eigenvalue weighted by Gasteiger charge is 2.35. The zero-order valence-corrected chi connectivity index (χ0v) is 18.3. The molecule has 0 saturated carbocycles. The predicted octanol–water partition coefficient (Wildman–Crippen LogP) is 2.07. The number of hydrogen-bond donors (Lipinski definition) is 2. The smallest absolute Gasteiger partial charge is 0.253 e. The van der Waals surface area contributed by atoms with Crippen LogP contribution >= 0.6 is 0 Å². The van der Waals surface area contributed by atoms with Crippen LogP contribution in [0.2, 0.25) is 0 Å². The topological polar surface area (TPSA) is 106 Å². The van der Waals surface area contributed by atoms with E-state index in [2.05, 4.69) is 10.6 Å². The summed E-state index contributed by atoms with van der Waals surface area (Å²) < 4.78 is 15.5. The lowest BCUT2D eigenvalue weighted by Gasteiger charge is -2.19. The number of methoxy groups -OCH3 is 3. The van der Waals surface area contributed by atoms with Crippen molar-refractivity contribution in [3.05, 3.63) is 48.0 Å². The van der Waals surface area contributed by atoms with E-state index in [1.165, 1.54) is 14.2 Å². The van der Waals surface area contributed by atoms with Crippen LogP contribution in [-0.2, 0) is 14.3 Å². The monoisotopic (exact) mass is 441 g/mol. The summed E-state index contributed by atoms with van der Waals surface area (Å²) in [6, 6.07) is 11.9. The number of para-hydroxylation sites is 1. The summed E-state index contributed by atoms with van der Waals surface area (Å²) in [4.78, 5) is 39.5. The first-order valence-corrected chi connectivity index (χ1v) is 10.2. The molecule has 0 aromatic heterocycles. The zero-order chi connectivity index (χ0) is 23.1. The summed E-state index contributed by atoms with van der Waals surface area (Å²) in [6.07, 6.45) is 0.0718. The molecule has 0 radical (unpaired) electrons. The fraction of sp³-hybridized carbons (Fsp3) is 0.348. The molecule has 2 N–H and O–H groups in total. The molecule has 1 saturated heterocycles. The first kappa shape index (κ1) is 23.1. The number of anilines is 2. The molecule has 2 aromatic carbocycles. The van der Waals surface area contributed by atoms with Crippen LogP contribution in [0.1, 0.15) is 16.8 Å². The van der Waals surface area contributed by atoms with Gasteiger partial charge < -0.3 is 29.7 Å². The number of ether oxygens (including phenoxy) is 3. The maximum absolute atomic E-state index is 12.9. The first-order valence-electron chi connectivity index (χ1n) is 10.2. The molecule has 1 aliphatic rings. The van der Waals surface area contributed by atoms with Crippen LogP contribution in [0, 0.1) is 5.92 Å². The summed E-state index contributed by atoms with van der Waals surface area (Å²) in [7, 11) is 4.61. The van der Waals surface area contributed by atoms with E-state index in [0.29, 0.717) is 41.6 Å². The van der Waals surface area contributed by atoms with Gasteiger partial charge in [0, 0.05) is 38.4 Å². The largest absolute Gasteiger partial charge is 0.493 e. The quantitative estimate of drug-likeness (QED) is 0.577. The van der Waals surface area contributed by atoms with Gasteiger partial charge in [0.25, 0.3) is 5.91 Å². The number of nitrogens with one attached hydrogen (secondary N) is 2. The van der Waals surface area contributed by atoms with Crippen molar-refractivity contribution in [1.82, 2.24) is 5.32 Å². The SMILES string of the molecule is COCCNC(=O)c1ccccc1NC(=O)[C@H]1CC(=O)N(c2ccc(OC)c(OC)c2)C1. The van der Waals surface area contributed by atoms with Gasteiger partial charge in [0.1, 0.15) is 0 Å². The average molecular weight is 441 g/mol. The van der Waals surface area contributed by atoms with Gasteiger partial charge in [-0.05, 0) is 24.3 Å². The van der Waals surface area contributed by atoms with Crippen LogP contribution in [0.25, 0.3) is 0 Å². The average Bonchev–Trinajstić information content (AvgIpc) is 3.20. The van der Waals surface area contributed by atoms with E-state index in [1.807, 2.05) is 0 Å². The van der Waals surface area contributed by atoms with Crippen molar-refractivity contribution >= 4 is 29.1 Å². The molecule has 3 rings (SSSR count). The van der Waals surface area contributed by atoms with Crippen molar-refractivity contribution in [2.45, 2.75) is 6.42 Å². The second kappa shape index (κ2) is 10.6. The molecular formula is C23H27N3O6. The van der Waals surface area contributed by atoms with E-state index in [1.54, 1.807) is 54.5 Å². The molecule has 0 unspecified atom stereocenters. The molecule has 1 heterocycles. The van der Waals surface area contributed by atoms with Crippen molar-refractivity contribution in [2.24, 2.45) is 5.92 Å². The van der Waals surface area contributed by atoms with Gasteiger partial charge in [-0.2, -0.15) is 0 Å². The van der Waals surface area contributed by atoms with Gasteiger partial charge in [-0.1, -0.05) is 12.1 Å². The summed E-state index contributed by atoms with van der Waals surface area (Å²) >= 11 is 0. The summed E-state index contributed by atoms with van der Waals surface area (Å²) in [5.41, 5.74) is 1.36. The molecule has 9 heteroatoms. The molecule has 3 amide bonds. The summed E-state index contributed by atoms with van der Waals surface area (Å²) in [5.74, 6) is -0.300. The zero-order valence-electron chi connectivity index (χ0n) is 18.3. The minimum Gasteiger partial charge on any atom is -0.493 e. The maximum Gasteiger partial charge on any atom is 0.253 e. The van der Waals surface area contributed by atoms with Crippen LogP contribution in [0.5, 0.6) is 11.5 Å². The predicted molar refractivity (Wildman–Crippen MR) is 119 cm³/mol. The Hall–Kier alpha value is -3.59. The highest BCUT2D eigenvalue weighted by atomic mass is 16.5. The number of carbonyl (C=O) groups excluding carboxylic acids is 3. The van der Waals surface area contributed by atoms with Crippen molar-refractivity contribution in [1.29, 1.82) is 0 Å². The second-order valence-corrected chi connectivity index (χ2v) is 7.23. The van der Waals surface area contributed by atoms with Gasteiger partial charge in [-0.25, -0.2) is 0 Å².